The Balaban J connectivity index is 2.50. The molecule has 1 aromatic heterocycles. The molecule has 1 rings (SSSR count). The average molecular weight is 187 g/mol. The number of aromatic nitrogens is 1. The van der Waals surface area contributed by atoms with Gasteiger partial charge in [0.1, 0.15) is 0 Å². The minimum Gasteiger partial charge on any atom is -0.353 e. The van der Waals surface area contributed by atoms with Gasteiger partial charge in [-0.2, -0.15) is 0 Å². The predicted molar refractivity (Wildman–Crippen MR) is 60.3 cm³/mol. The summed E-state index contributed by atoms with van der Waals surface area (Å²) in [6, 6.07) is 3.78. The summed E-state index contributed by atoms with van der Waals surface area (Å²) in [7, 11) is 0. The molecule has 3 heteroatoms. The van der Waals surface area contributed by atoms with Gasteiger partial charge in [-0.15, -0.1) is 0 Å². The largest absolute Gasteiger partial charge is 0.353 e. The molecule has 1 aromatic rings. The second kappa shape index (κ2) is 5.70. The summed E-state index contributed by atoms with van der Waals surface area (Å²) in [6.07, 6.45) is 8.67. The van der Waals surface area contributed by atoms with Gasteiger partial charge in [-0.25, -0.2) is 0 Å². The third-order valence-electron chi connectivity index (χ3n) is 1.43. The molecule has 0 bridgehead atoms. The van der Waals surface area contributed by atoms with E-state index in [4.69, 9.17) is 0 Å². The number of aliphatic imine (C=N–C) groups is 1. The van der Waals surface area contributed by atoms with Crippen molar-refractivity contribution in [1.82, 2.24) is 4.98 Å². The maximum absolute atomic E-state index is 4.00. The van der Waals surface area contributed by atoms with E-state index in [0.29, 0.717) is 0 Å². The van der Waals surface area contributed by atoms with Crippen molar-refractivity contribution >= 4 is 11.9 Å². The van der Waals surface area contributed by atoms with Crippen molar-refractivity contribution in [1.29, 1.82) is 0 Å². The summed E-state index contributed by atoms with van der Waals surface area (Å²) in [5, 5.41) is 3.06. The van der Waals surface area contributed by atoms with Crippen LogP contribution >= 0.6 is 0 Å². The Labute approximate surface area is 83.9 Å². The highest BCUT2D eigenvalue weighted by atomic mass is 14.9. The number of pyridine rings is 1. The summed E-state index contributed by atoms with van der Waals surface area (Å²) >= 11 is 0. The van der Waals surface area contributed by atoms with Crippen LogP contribution in [0, 0.1) is 0 Å². The first-order valence-corrected chi connectivity index (χ1v) is 4.33. The van der Waals surface area contributed by atoms with Crippen molar-refractivity contribution < 1.29 is 0 Å². The Kier molecular flexibility index (Phi) is 4.14. The van der Waals surface area contributed by atoms with Crippen molar-refractivity contribution in [2.45, 2.75) is 6.92 Å². The quantitative estimate of drug-likeness (QED) is 0.736. The monoisotopic (exact) mass is 187 g/mol. The van der Waals surface area contributed by atoms with Crippen LogP contribution in [0.3, 0.4) is 0 Å². The van der Waals surface area contributed by atoms with Gasteiger partial charge in [-0.3, -0.25) is 9.98 Å². The number of hydrogen-bond acceptors (Lipinski definition) is 3. The molecule has 0 radical (unpaired) electrons. The Morgan fingerprint density at radius 2 is 2.50 bits per heavy atom. The van der Waals surface area contributed by atoms with E-state index in [2.05, 4.69) is 21.9 Å². The van der Waals surface area contributed by atoms with Gasteiger partial charge >= 0.3 is 0 Å². The van der Waals surface area contributed by atoms with Gasteiger partial charge in [-0.05, 0) is 19.1 Å². The van der Waals surface area contributed by atoms with Crippen molar-refractivity contribution in [2.75, 3.05) is 5.32 Å². The summed E-state index contributed by atoms with van der Waals surface area (Å²) in [6.45, 7) is 5.71. The van der Waals surface area contributed by atoms with E-state index < -0.39 is 0 Å². The maximum Gasteiger partial charge on any atom is 0.0570 e. The zero-order valence-electron chi connectivity index (χ0n) is 8.14. The van der Waals surface area contributed by atoms with Gasteiger partial charge in [0.15, 0.2) is 0 Å². The van der Waals surface area contributed by atoms with Gasteiger partial charge < -0.3 is 5.32 Å². The summed E-state index contributed by atoms with van der Waals surface area (Å²) in [5.74, 6) is 0. The van der Waals surface area contributed by atoms with Crippen LogP contribution in [0.4, 0.5) is 5.69 Å². The second-order valence-electron chi connectivity index (χ2n) is 2.65. The van der Waals surface area contributed by atoms with Crippen LogP contribution in [-0.4, -0.2) is 11.2 Å². The Bertz CT molecular complexity index is 339. The number of rotatable bonds is 4. The molecular formula is C11H13N3. The first-order valence-electron chi connectivity index (χ1n) is 4.33. The predicted octanol–water partition coefficient (Wildman–Crippen LogP) is 2.61. The fraction of sp³-hybridized carbons (Fsp3) is 0.0909. The lowest BCUT2D eigenvalue weighted by Gasteiger charge is -2.02. The van der Waals surface area contributed by atoms with E-state index in [1.165, 1.54) is 0 Å². The molecule has 0 amide bonds. The first kappa shape index (κ1) is 10.2. The van der Waals surface area contributed by atoms with Crippen LogP contribution in [0.15, 0.2) is 54.1 Å². The first-order chi connectivity index (χ1) is 6.83. The number of hydrogen-bond donors (Lipinski definition) is 1. The van der Waals surface area contributed by atoms with Gasteiger partial charge in [0.25, 0.3) is 0 Å². The highest BCUT2D eigenvalue weighted by molar-refractivity contribution is 5.82. The van der Waals surface area contributed by atoms with Gasteiger partial charge in [0.05, 0.1) is 11.9 Å². The number of nitrogens with zero attached hydrogens (tertiary/aromatic N) is 2. The summed E-state index contributed by atoms with van der Waals surface area (Å²) in [4.78, 5) is 7.97. The lowest BCUT2D eigenvalue weighted by molar-refractivity contribution is 1.32. The molecular weight excluding hydrogens is 174 g/mol. The van der Waals surface area contributed by atoms with Gasteiger partial charge in [-0.1, -0.05) is 12.7 Å². The Morgan fingerprint density at radius 1 is 1.64 bits per heavy atom. The molecule has 3 nitrogen and oxygen atoms in total. The topological polar surface area (TPSA) is 37.3 Å². The van der Waals surface area contributed by atoms with E-state index in [1.54, 1.807) is 24.8 Å². The molecule has 0 unspecified atom stereocenters. The van der Waals surface area contributed by atoms with Crippen molar-refractivity contribution in [3.63, 3.8) is 0 Å². The lowest BCUT2D eigenvalue weighted by atomic mass is 10.4. The number of nitrogens with one attached hydrogen (secondary N) is 1. The van der Waals surface area contributed by atoms with Crippen molar-refractivity contribution in [3.05, 3.63) is 49.1 Å². The van der Waals surface area contributed by atoms with Crippen LogP contribution in [0.2, 0.25) is 0 Å². The molecule has 0 spiro atoms. The molecule has 0 aromatic carbocycles. The fourth-order valence-electron chi connectivity index (χ4n) is 0.873. The van der Waals surface area contributed by atoms with E-state index in [9.17, 15) is 0 Å². The molecule has 0 saturated heterocycles. The lowest BCUT2D eigenvalue weighted by Crippen LogP contribution is -1.98. The zero-order valence-corrected chi connectivity index (χ0v) is 8.14. The van der Waals surface area contributed by atoms with Crippen molar-refractivity contribution in [3.8, 4) is 0 Å². The Morgan fingerprint density at radius 3 is 3.14 bits per heavy atom. The molecule has 0 saturated carbocycles. The standard InChI is InChI=1S/C11H13N3/c1-3-6-12-8-10(2)14-11-5-4-7-13-9-11/h3-9,14H,2H2,1H3/b6-3-,12-8-. The Hall–Kier alpha value is -1.90. The number of anilines is 1. The third kappa shape index (κ3) is 3.67. The minimum absolute atomic E-state index is 0.732. The van der Waals surface area contributed by atoms with Crippen LogP contribution < -0.4 is 5.32 Å². The van der Waals surface area contributed by atoms with Crippen molar-refractivity contribution in [2.24, 2.45) is 4.99 Å². The van der Waals surface area contributed by atoms with Gasteiger partial charge in [0.2, 0.25) is 0 Å². The molecule has 72 valence electrons. The minimum atomic E-state index is 0.732. The molecule has 0 aliphatic heterocycles. The van der Waals surface area contributed by atoms with Crippen LogP contribution in [-0.2, 0) is 0 Å². The normalized spacial score (nSPS) is 10.9. The SMILES string of the molecule is C=C(/C=N\C=C/C)Nc1cccnc1. The van der Waals surface area contributed by atoms with E-state index in [0.717, 1.165) is 11.4 Å². The maximum atomic E-state index is 4.00. The molecule has 0 aliphatic carbocycles. The van der Waals surface area contributed by atoms with E-state index in [1.807, 2.05) is 25.1 Å². The second-order valence-corrected chi connectivity index (χ2v) is 2.65. The molecule has 0 atom stereocenters. The fourth-order valence-corrected chi connectivity index (χ4v) is 0.873. The number of allylic oxidation sites excluding steroid dienone is 2. The molecule has 0 aliphatic rings. The summed E-state index contributed by atoms with van der Waals surface area (Å²) in [5.41, 5.74) is 1.64. The molecule has 1 N–H and O–H groups in total. The van der Waals surface area contributed by atoms with E-state index in [-0.39, 0.29) is 0 Å². The molecule has 1 heterocycles. The highest BCUT2D eigenvalue weighted by Crippen LogP contribution is 2.04. The summed E-state index contributed by atoms with van der Waals surface area (Å²) < 4.78 is 0. The third-order valence-corrected chi connectivity index (χ3v) is 1.43. The van der Waals surface area contributed by atoms with Gasteiger partial charge in [0, 0.05) is 24.3 Å². The highest BCUT2D eigenvalue weighted by Gasteiger charge is 1.90. The molecule has 14 heavy (non-hydrogen) atoms. The molecule has 0 fully saturated rings. The van der Waals surface area contributed by atoms with E-state index >= 15 is 0 Å². The average Bonchev–Trinajstić information content (AvgIpc) is 2.20. The van der Waals surface area contributed by atoms with Crippen LogP contribution in [0.25, 0.3) is 0 Å². The van der Waals surface area contributed by atoms with Crippen LogP contribution in [0.1, 0.15) is 6.92 Å². The smallest absolute Gasteiger partial charge is 0.0570 e. The zero-order chi connectivity index (χ0) is 10.2. The van der Waals surface area contributed by atoms with Crippen LogP contribution in [0.5, 0.6) is 0 Å².